The minimum atomic E-state index is -0.136. The summed E-state index contributed by atoms with van der Waals surface area (Å²) < 4.78 is 0. The number of nitrogens with one attached hydrogen (secondary N) is 1. The van der Waals surface area contributed by atoms with Crippen LogP contribution in [0.5, 0.6) is 0 Å². The fourth-order valence-electron chi connectivity index (χ4n) is 4.15. The van der Waals surface area contributed by atoms with Crippen molar-refractivity contribution in [3.05, 3.63) is 58.2 Å². The summed E-state index contributed by atoms with van der Waals surface area (Å²) in [6.45, 7) is 3.27. The molecule has 2 heterocycles. The van der Waals surface area contributed by atoms with Crippen LogP contribution in [-0.2, 0) is 37.1 Å². The van der Waals surface area contributed by atoms with Crippen molar-refractivity contribution in [2.45, 2.75) is 58.2 Å². The van der Waals surface area contributed by atoms with Gasteiger partial charge in [0.25, 0.3) is 0 Å². The topological polar surface area (TPSA) is 58.1 Å². The predicted molar refractivity (Wildman–Crippen MR) is 101 cm³/mol. The Labute approximate surface area is 154 Å². The highest BCUT2D eigenvalue weighted by atomic mass is 16.2. The van der Waals surface area contributed by atoms with Gasteiger partial charge in [-0.15, -0.1) is 0 Å². The van der Waals surface area contributed by atoms with E-state index in [1.165, 1.54) is 35.2 Å². The number of carbonyl (C=O) groups is 1. The summed E-state index contributed by atoms with van der Waals surface area (Å²) in [6.07, 6.45) is 5.29. The third kappa shape index (κ3) is 3.36. The number of hydrogen-bond donors (Lipinski definition) is 1. The predicted octanol–water partition coefficient (Wildman–Crippen LogP) is 2.34. The zero-order chi connectivity index (χ0) is 18.1. The monoisotopic (exact) mass is 350 g/mol. The van der Waals surface area contributed by atoms with E-state index in [0.29, 0.717) is 6.54 Å². The van der Waals surface area contributed by atoms with Crippen molar-refractivity contribution < 1.29 is 4.79 Å². The lowest BCUT2D eigenvalue weighted by atomic mass is 9.94. The van der Waals surface area contributed by atoms with E-state index < -0.39 is 0 Å². The average molecular weight is 350 g/mol. The van der Waals surface area contributed by atoms with Crippen LogP contribution in [0, 0.1) is 6.92 Å². The molecule has 1 aliphatic heterocycles. The molecule has 5 heteroatoms. The zero-order valence-electron chi connectivity index (χ0n) is 15.6. The lowest BCUT2D eigenvalue weighted by Gasteiger charge is -2.33. The van der Waals surface area contributed by atoms with Crippen LogP contribution in [0.1, 0.15) is 46.7 Å². The average Bonchev–Trinajstić information content (AvgIpc) is 2.65. The molecule has 1 aliphatic carbocycles. The molecule has 0 unspecified atom stereocenters. The molecule has 2 aromatic rings. The highest BCUT2D eigenvalue weighted by molar-refractivity contribution is 5.82. The van der Waals surface area contributed by atoms with Gasteiger partial charge in [-0.05, 0) is 62.8 Å². The Hall–Kier alpha value is -2.27. The standard InChI is InChI=1S/C21H26N4O/c1-14-17-9-5-6-10-18(17)24-20(23-14)12-22-21(26)19-11-15-7-3-4-8-16(15)13-25(19)2/h3-4,7-8,19H,5-6,9-13H2,1-2H3,(H,22,26)/t19-/m1/s1. The first kappa shape index (κ1) is 17.2. The number of amides is 1. The largest absolute Gasteiger partial charge is 0.347 e. The summed E-state index contributed by atoms with van der Waals surface area (Å²) in [6, 6.07) is 8.23. The summed E-state index contributed by atoms with van der Waals surface area (Å²) in [5.74, 6) is 0.788. The van der Waals surface area contributed by atoms with E-state index in [4.69, 9.17) is 4.98 Å². The number of benzene rings is 1. The normalized spacial score (nSPS) is 19.5. The number of likely N-dealkylation sites (N-methyl/N-ethyl adjacent to an activating group) is 1. The molecule has 5 nitrogen and oxygen atoms in total. The molecule has 0 radical (unpaired) electrons. The highest BCUT2D eigenvalue weighted by Gasteiger charge is 2.28. The third-order valence-electron chi connectivity index (χ3n) is 5.64. The lowest BCUT2D eigenvalue weighted by molar-refractivity contribution is -0.126. The molecule has 1 amide bonds. The van der Waals surface area contributed by atoms with Crippen LogP contribution < -0.4 is 5.32 Å². The number of nitrogens with zero attached hydrogens (tertiary/aromatic N) is 3. The third-order valence-corrected chi connectivity index (χ3v) is 5.64. The first-order valence-electron chi connectivity index (χ1n) is 9.52. The SMILES string of the molecule is Cc1nc(CNC(=O)[C@H]2Cc3ccccc3CN2C)nc2c1CCCC2. The molecule has 0 saturated heterocycles. The van der Waals surface area contributed by atoms with Gasteiger partial charge in [0.05, 0.1) is 12.6 Å². The van der Waals surface area contributed by atoms with E-state index in [9.17, 15) is 4.79 Å². The number of fused-ring (bicyclic) bond motifs is 2. The van der Waals surface area contributed by atoms with Crippen molar-refractivity contribution in [2.75, 3.05) is 7.05 Å². The van der Waals surface area contributed by atoms with Crippen molar-refractivity contribution >= 4 is 5.91 Å². The molecular weight excluding hydrogens is 324 g/mol. The van der Waals surface area contributed by atoms with Crippen LogP contribution in [0.2, 0.25) is 0 Å². The number of aryl methyl sites for hydroxylation is 2. The Morgan fingerprint density at radius 3 is 2.81 bits per heavy atom. The van der Waals surface area contributed by atoms with E-state index in [1.54, 1.807) is 0 Å². The summed E-state index contributed by atoms with van der Waals surface area (Å²) in [4.78, 5) is 24.2. The van der Waals surface area contributed by atoms with Crippen molar-refractivity contribution in [1.82, 2.24) is 20.2 Å². The van der Waals surface area contributed by atoms with Crippen molar-refractivity contribution in [2.24, 2.45) is 0 Å². The molecule has 136 valence electrons. The Bertz CT molecular complexity index is 833. The van der Waals surface area contributed by atoms with Gasteiger partial charge in [-0.3, -0.25) is 9.69 Å². The quantitative estimate of drug-likeness (QED) is 0.923. The molecule has 1 atom stereocenters. The van der Waals surface area contributed by atoms with Gasteiger partial charge in [0, 0.05) is 17.9 Å². The molecule has 4 rings (SSSR count). The Balaban J connectivity index is 1.44. The van der Waals surface area contributed by atoms with Crippen LogP contribution in [-0.4, -0.2) is 33.9 Å². The molecule has 0 saturated carbocycles. The molecule has 2 aliphatic rings. The van der Waals surface area contributed by atoms with Crippen molar-refractivity contribution in [1.29, 1.82) is 0 Å². The van der Waals surface area contributed by atoms with Crippen molar-refractivity contribution in [3.8, 4) is 0 Å². The Morgan fingerprint density at radius 2 is 1.96 bits per heavy atom. The summed E-state index contributed by atoms with van der Waals surface area (Å²) in [5, 5.41) is 3.06. The number of aromatic nitrogens is 2. The molecule has 0 fully saturated rings. The first-order valence-corrected chi connectivity index (χ1v) is 9.52. The van der Waals surface area contributed by atoms with E-state index in [2.05, 4.69) is 40.3 Å². The second-order valence-electron chi connectivity index (χ2n) is 7.48. The van der Waals surface area contributed by atoms with E-state index in [0.717, 1.165) is 37.3 Å². The van der Waals surface area contributed by atoms with Gasteiger partial charge in [0.15, 0.2) is 0 Å². The fraction of sp³-hybridized carbons (Fsp3) is 0.476. The van der Waals surface area contributed by atoms with Gasteiger partial charge in [0.2, 0.25) is 5.91 Å². The highest BCUT2D eigenvalue weighted by Crippen LogP contribution is 2.23. The van der Waals surface area contributed by atoms with Gasteiger partial charge in [-0.25, -0.2) is 9.97 Å². The van der Waals surface area contributed by atoms with Crippen LogP contribution in [0.25, 0.3) is 0 Å². The molecule has 0 spiro atoms. The second kappa shape index (κ2) is 7.16. The van der Waals surface area contributed by atoms with E-state index in [1.807, 2.05) is 13.1 Å². The maximum absolute atomic E-state index is 12.8. The summed E-state index contributed by atoms with van der Waals surface area (Å²) in [5.41, 5.74) is 6.15. The summed E-state index contributed by atoms with van der Waals surface area (Å²) >= 11 is 0. The van der Waals surface area contributed by atoms with Crippen LogP contribution >= 0.6 is 0 Å². The maximum atomic E-state index is 12.8. The fourth-order valence-corrected chi connectivity index (χ4v) is 4.15. The zero-order valence-corrected chi connectivity index (χ0v) is 15.6. The first-order chi connectivity index (χ1) is 12.6. The van der Waals surface area contributed by atoms with E-state index in [-0.39, 0.29) is 11.9 Å². The molecule has 0 bridgehead atoms. The van der Waals surface area contributed by atoms with Gasteiger partial charge in [0.1, 0.15) is 5.82 Å². The van der Waals surface area contributed by atoms with Crippen LogP contribution in [0.15, 0.2) is 24.3 Å². The minimum Gasteiger partial charge on any atom is -0.347 e. The van der Waals surface area contributed by atoms with E-state index >= 15 is 0 Å². The van der Waals surface area contributed by atoms with Gasteiger partial charge in [-0.2, -0.15) is 0 Å². The van der Waals surface area contributed by atoms with Gasteiger partial charge >= 0.3 is 0 Å². The van der Waals surface area contributed by atoms with Crippen molar-refractivity contribution in [3.63, 3.8) is 0 Å². The van der Waals surface area contributed by atoms with Gasteiger partial charge < -0.3 is 5.32 Å². The Morgan fingerprint density at radius 1 is 1.19 bits per heavy atom. The second-order valence-corrected chi connectivity index (χ2v) is 7.48. The molecule has 1 N–H and O–H groups in total. The van der Waals surface area contributed by atoms with Crippen LogP contribution in [0.4, 0.5) is 0 Å². The number of carbonyl (C=O) groups excluding carboxylic acids is 1. The number of hydrogen-bond acceptors (Lipinski definition) is 4. The lowest BCUT2D eigenvalue weighted by Crippen LogP contribution is -2.48. The van der Waals surface area contributed by atoms with Gasteiger partial charge in [-0.1, -0.05) is 24.3 Å². The molecule has 1 aromatic carbocycles. The minimum absolute atomic E-state index is 0.0565. The summed E-state index contributed by atoms with van der Waals surface area (Å²) in [7, 11) is 2.01. The van der Waals surface area contributed by atoms with Crippen LogP contribution in [0.3, 0.4) is 0 Å². The maximum Gasteiger partial charge on any atom is 0.238 e. The smallest absolute Gasteiger partial charge is 0.238 e. The molecule has 26 heavy (non-hydrogen) atoms. The number of rotatable bonds is 3. The molecule has 1 aromatic heterocycles. The molecular formula is C21H26N4O. The Kier molecular flexibility index (Phi) is 4.72.